The number of pyridine rings is 1. The number of hydrogen-bond acceptors (Lipinski definition) is 1. The molecule has 2 aromatic heterocycles. The van der Waals surface area contributed by atoms with Crippen LogP contribution in [-0.2, 0) is 0 Å². The number of aromatic nitrogens is 2. The standard InChI is InChI=1S/C18H14N2/c1-13-8-10-14(11-9-13)20-17-7-3-2-5-15(17)16-6-4-12-19-18(16)20/h2-12H,1H3/i1D3. The van der Waals surface area contributed by atoms with Crippen molar-refractivity contribution >= 4 is 21.9 Å². The molecule has 0 aliphatic carbocycles. The Labute approximate surface area is 121 Å². The van der Waals surface area contributed by atoms with E-state index in [0.29, 0.717) is 5.56 Å². The van der Waals surface area contributed by atoms with Crippen molar-refractivity contribution in [3.63, 3.8) is 0 Å². The molecule has 2 aromatic carbocycles. The van der Waals surface area contributed by atoms with Crippen LogP contribution in [0.3, 0.4) is 0 Å². The predicted molar refractivity (Wildman–Crippen MR) is 83.3 cm³/mol. The molecule has 2 nitrogen and oxygen atoms in total. The summed E-state index contributed by atoms with van der Waals surface area (Å²) in [5.74, 6) is 0. The second kappa shape index (κ2) is 4.20. The maximum atomic E-state index is 7.49. The summed E-state index contributed by atoms with van der Waals surface area (Å²) >= 11 is 0. The Bertz CT molecular complexity index is 945. The first-order valence-electron chi connectivity index (χ1n) is 8.01. The van der Waals surface area contributed by atoms with E-state index >= 15 is 0 Å². The Morgan fingerprint density at radius 1 is 0.900 bits per heavy atom. The van der Waals surface area contributed by atoms with Gasteiger partial charge in [0.05, 0.1) is 5.52 Å². The van der Waals surface area contributed by atoms with Crippen LogP contribution in [0.1, 0.15) is 9.68 Å². The van der Waals surface area contributed by atoms with Gasteiger partial charge in [0.15, 0.2) is 0 Å². The van der Waals surface area contributed by atoms with Crippen molar-refractivity contribution in [3.05, 3.63) is 72.4 Å². The third-order valence-electron chi connectivity index (χ3n) is 3.56. The first-order chi connectivity index (χ1) is 11.1. The normalized spacial score (nSPS) is 14.1. The van der Waals surface area contributed by atoms with Crippen LogP contribution in [0.2, 0.25) is 0 Å². The Kier molecular flexibility index (Phi) is 1.79. The van der Waals surface area contributed by atoms with Gasteiger partial charge >= 0.3 is 0 Å². The van der Waals surface area contributed by atoms with E-state index in [-0.39, 0.29) is 0 Å². The first kappa shape index (κ1) is 8.54. The summed E-state index contributed by atoms with van der Waals surface area (Å²) in [6.45, 7) is -2.09. The lowest BCUT2D eigenvalue weighted by atomic mass is 10.2. The highest BCUT2D eigenvalue weighted by atomic mass is 15.0. The van der Waals surface area contributed by atoms with Gasteiger partial charge in [-0.05, 0) is 37.2 Å². The predicted octanol–water partition coefficient (Wildman–Crippen LogP) is 4.49. The Morgan fingerprint density at radius 2 is 1.70 bits per heavy atom. The highest BCUT2D eigenvalue weighted by Crippen LogP contribution is 2.30. The largest absolute Gasteiger partial charge is 0.294 e. The van der Waals surface area contributed by atoms with Gasteiger partial charge in [0, 0.05) is 26.8 Å². The summed E-state index contributed by atoms with van der Waals surface area (Å²) in [4.78, 5) is 4.52. The Morgan fingerprint density at radius 3 is 2.55 bits per heavy atom. The molecule has 0 fully saturated rings. The Hall–Kier alpha value is -2.61. The second-order valence-electron chi connectivity index (χ2n) is 4.77. The molecule has 2 heteroatoms. The van der Waals surface area contributed by atoms with Gasteiger partial charge in [-0.25, -0.2) is 4.98 Å². The minimum absolute atomic E-state index is 0.343. The molecular weight excluding hydrogens is 244 g/mol. The molecule has 0 unspecified atom stereocenters. The molecule has 0 saturated carbocycles. The molecule has 4 aromatic rings. The van der Waals surface area contributed by atoms with Crippen molar-refractivity contribution < 1.29 is 4.11 Å². The number of hydrogen-bond donors (Lipinski definition) is 0. The molecular formula is C18H14N2. The van der Waals surface area contributed by atoms with Gasteiger partial charge in [0.1, 0.15) is 5.65 Å². The Balaban J connectivity index is 2.01. The molecule has 0 atom stereocenters. The fourth-order valence-electron chi connectivity index (χ4n) is 2.67. The van der Waals surface area contributed by atoms with E-state index in [2.05, 4.69) is 27.8 Å². The quantitative estimate of drug-likeness (QED) is 0.493. The molecule has 2 heterocycles. The zero-order valence-corrected chi connectivity index (χ0v) is 10.7. The molecule has 0 spiro atoms. The maximum absolute atomic E-state index is 7.49. The van der Waals surface area contributed by atoms with E-state index in [1.165, 1.54) is 0 Å². The topological polar surface area (TPSA) is 17.8 Å². The van der Waals surface area contributed by atoms with Gasteiger partial charge in [-0.3, -0.25) is 4.57 Å². The van der Waals surface area contributed by atoms with Gasteiger partial charge in [0.25, 0.3) is 0 Å². The molecule has 0 aliphatic rings. The molecule has 0 aliphatic heterocycles. The number of fused-ring (bicyclic) bond motifs is 3. The molecule has 0 saturated heterocycles. The SMILES string of the molecule is [2H]C([2H])([2H])c1ccc(-n2c3ccccc3c3cccnc32)cc1. The summed E-state index contributed by atoms with van der Waals surface area (Å²) in [6.07, 6.45) is 1.77. The third kappa shape index (κ3) is 1.55. The summed E-state index contributed by atoms with van der Waals surface area (Å²) in [7, 11) is 0. The van der Waals surface area contributed by atoms with Crippen LogP contribution < -0.4 is 0 Å². The van der Waals surface area contributed by atoms with Crippen LogP contribution in [-0.4, -0.2) is 9.55 Å². The molecule has 0 radical (unpaired) electrons. The summed E-state index contributed by atoms with van der Waals surface area (Å²) in [6, 6.07) is 19.1. The minimum Gasteiger partial charge on any atom is -0.294 e. The van der Waals surface area contributed by atoms with Crippen LogP contribution in [0.25, 0.3) is 27.6 Å². The number of aryl methyl sites for hydroxylation is 1. The van der Waals surface area contributed by atoms with Crippen LogP contribution in [0.15, 0.2) is 66.9 Å². The summed E-state index contributed by atoms with van der Waals surface area (Å²) in [5.41, 5.74) is 3.18. The molecule has 0 N–H and O–H groups in total. The second-order valence-corrected chi connectivity index (χ2v) is 4.77. The number of benzene rings is 2. The van der Waals surface area contributed by atoms with Crippen molar-refractivity contribution in [1.82, 2.24) is 9.55 Å². The monoisotopic (exact) mass is 261 g/mol. The van der Waals surface area contributed by atoms with Crippen LogP contribution in [0.5, 0.6) is 0 Å². The van der Waals surface area contributed by atoms with Crippen LogP contribution in [0, 0.1) is 6.85 Å². The molecule has 0 amide bonds. The lowest BCUT2D eigenvalue weighted by Gasteiger charge is -2.07. The van der Waals surface area contributed by atoms with Crippen LogP contribution in [0.4, 0.5) is 0 Å². The lowest BCUT2D eigenvalue weighted by Crippen LogP contribution is -1.94. The van der Waals surface area contributed by atoms with E-state index in [1.54, 1.807) is 18.3 Å². The highest BCUT2D eigenvalue weighted by molar-refractivity contribution is 6.07. The molecule has 4 rings (SSSR count). The minimum atomic E-state index is -2.09. The van der Waals surface area contributed by atoms with Crippen LogP contribution >= 0.6 is 0 Å². The van der Waals surface area contributed by atoms with Crippen molar-refractivity contribution in [1.29, 1.82) is 0 Å². The summed E-state index contributed by atoms with van der Waals surface area (Å²) in [5, 5.41) is 2.22. The van der Waals surface area contributed by atoms with Crippen molar-refractivity contribution in [2.75, 3.05) is 0 Å². The van der Waals surface area contributed by atoms with E-state index in [9.17, 15) is 0 Å². The van der Waals surface area contributed by atoms with Crippen molar-refractivity contribution in [2.45, 2.75) is 6.85 Å². The molecule has 20 heavy (non-hydrogen) atoms. The van der Waals surface area contributed by atoms with Gasteiger partial charge in [-0.15, -0.1) is 0 Å². The fraction of sp³-hybridized carbons (Fsp3) is 0.0556. The van der Waals surface area contributed by atoms with Crippen molar-refractivity contribution in [2.24, 2.45) is 0 Å². The lowest BCUT2D eigenvalue weighted by molar-refractivity contribution is 1.13. The van der Waals surface area contributed by atoms with E-state index in [4.69, 9.17) is 4.11 Å². The average Bonchev–Trinajstić information content (AvgIpc) is 2.89. The maximum Gasteiger partial charge on any atom is 0.145 e. The molecule has 0 bridgehead atoms. The van der Waals surface area contributed by atoms with Gasteiger partial charge < -0.3 is 0 Å². The van der Waals surface area contributed by atoms with Gasteiger partial charge in [-0.1, -0.05) is 35.9 Å². The fourth-order valence-corrected chi connectivity index (χ4v) is 2.67. The zero-order chi connectivity index (χ0) is 16.0. The number of rotatable bonds is 1. The van der Waals surface area contributed by atoms with E-state index < -0.39 is 6.85 Å². The highest BCUT2D eigenvalue weighted by Gasteiger charge is 2.11. The summed E-state index contributed by atoms with van der Waals surface area (Å²) < 4.78 is 24.5. The number of para-hydroxylation sites is 1. The molecule has 96 valence electrons. The van der Waals surface area contributed by atoms with E-state index in [0.717, 1.165) is 27.6 Å². The number of nitrogens with zero attached hydrogens (tertiary/aromatic N) is 2. The smallest absolute Gasteiger partial charge is 0.145 e. The van der Waals surface area contributed by atoms with Crippen molar-refractivity contribution in [3.8, 4) is 5.69 Å². The first-order valence-corrected chi connectivity index (χ1v) is 6.51. The van der Waals surface area contributed by atoms with Gasteiger partial charge in [-0.2, -0.15) is 0 Å². The third-order valence-corrected chi connectivity index (χ3v) is 3.56. The van der Waals surface area contributed by atoms with Gasteiger partial charge in [0.2, 0.25) is 0 Å². The average molecular weight is 261 g/mol. The zero-order valence-electron chi connectivity index (χ0n) is 13.7. The van der Waals surface area contributed by atoms with E-state index in [1.807, 2.05) is 30.3 Å².